The molecule has 2 N–H and O–H groups in total. The minimum absolute atomic E-state index is 0.120. The van der Waals surface area contributed by atoms with Crippen LogP contribution in [-0.2, 0) is 16.1 Å². The molecule has 23 heavy (non-hydrogen) atoms. The second kappa shape index (κ2) is 6.98. The number of hydrogen-bond donors (Lipinski definition) is 1. The van der Waals surface area contributed by atoms with Gasteiger partial charge in [0.15, 0.2) is 0 Å². The SMILES string of the molecule is CCOC(=O)c1sc(N)c(C#N)c1COC(=O)c1ccoc1C. The highest BCUT2D eigenvalue weighted by Crippen LogP contribution is 2.32. The lowest BCUT2D eigenvalue weighted by molar-refractivity contribution is 0.0451. The summed E-state index contributed by atoms with van der Waals surface area (Å²) in [6, 6.07) is 3.40. The quantitative estimate of drug-likeness (QED) is 0.835. The number of nitrogens with two attached hydrogens (primary N) is 1. The lowest BCUT2D eigenvalue weighted by Crippen LogP contribution is -2.10. The van der Waals surface area contributed by atoms with Gasteiger partial charge in [-0.1, -0.05) is 0 Å². The van der Waals surface area contributed by atoms with Crippen molar-refractivity contribution in [1.29, 1.82) is 5.26 Å². The predicted molar refractivity (Wildman–Crippen MR) is 82.0 cm³/mol. The molecule has 2 aromatic rings. The zero-order chi connectivity index (χ0) is 17.0. The Kier molecular flexibility index (Phi) is 5.03. The molecule has 0 radical (unpaired) electrons. The van der Waals surface area contributed by atoms with E-state index >= 15 is 0 Å². The number of hydrogen-bond acceptors (Lipinski definition) is 8. The van der Waals surface area contributed by atoms with E-state index in [0.717, 1.165) is 11.3 Å². The summed E-state index contributed by atoms with van der Waals surface area (Å²) in [4.78, 5) is 24.1. The van der Waals surface area contributed by atoms with Crippen LogP contribution >= 0.6 is 11.3 Å². The second-order valence-electron chi connectivity index (χ2n) is 4.45. The normalized spacial score (nSPS) is 10.1. The van der Waals surface area contributed by atoms with Crippen LogP contribution in [0.3, 0.4) is 0 Å². The summed E-state index contributed by atoms with van der Waals surface area (Å²) in [6.45, 7) is 3.23. The molecule has 120 valence electrons. The largest absolute Gasteiger partial charge is 0.469 e. The highest BCUT2D eigenvalue weighted by Gasteiger charge is 2.24. The van der Waals surface area contributed by atoms with E-state index in [-0.39, 0.29) is 39.8 Å². The number of thiophene rings is 1. The third-order valence-corrected chi connectivity index (χ3v) is 4.07. The van der Waals surface area contributed by atoms with Crippen molar-refractivity contribution in [2.75, 3.05) is 12.3 Å². The van der Waals surface area contributed by atoms with Crippen LogP contribution in [-0.4, -0.2) is 18.5 Å². The molecule has 0 aliphatic carbocycles. The molecule has 0 fully saturated rings. The van der Waals surface area contributed by atoms with Gasteiger partial charge in [-0.25, -0.2) is 9.59 Å². The molecule has 0 bridgehead atoms. The van der Waals surface area contributed by atoms with E-state index in [1.165, 1.54) is 12.3 Å². The lowest BCUT2D eigenvalue weighted by Gasteiger charge is -2.06. The number of ether oxygens (including phenoxy) is 2. The maximum Gasteiger partial charge on any atom is 0.348 e. The van der Waals surface area contributed by atoms with Crippen molar-refractivity contribution in [3.8, 4) is 6.07 Å². The van der Waals surface area contributed by atoms with Crippen LogP contribution in [0.5, 0.6) is 0 Å². The van der Waals surface area contributed by atoms with Gasteiger partial charge >= 0.3 is 11.9 Å². The highest BCUT2D eigenvalue weighted by molar-refractivity contribution is 7.18. The molecule has 0 spiro atoms. The Morgan fingerprint density at radius 3 is 2.70 bits per heavy atom. The number of nitriles is 1. The number of aryl methyl sites for hydroxylation is 1. The molecular formula is C15H14N2O5S. The maximum atomic E-state index is 12.0. The first kappa shape index (κ1) is 16.6. The number of rotatable bonds is 5. The van der Waals surface area contributed by atoms with Crippen molar-refractivity contribution in [1.82, 2.24) is 0 Å². The third-order valence-electron chi connectivity index (χ3n) is 3.03. The monoisotopic (exact) mass is 334 g/mol. The van der Waals surface area contributed by atoms with Crippen LogP contribution in [0.4, 0.5) is 5.00 Å². The summed E-state index contributed by atoms with van der Waals surface area (Å²) in [6.07, 6.45) is 1.37. The first-order valence-corrected chi connectivity index (χ1v) is 7.50. The van der Waals surface area contributed by atoms with Gasteiger partial charge in [0.1, 0.15) is 33.9 Å². The molecule has 8 heteroatoms. The number of esters is 2. The lowest BCUT2D eigenvalue weighted by atomic mass is 10.1. The van der Waals surface area contributed by atoms with Crippen LogP contribution in [0, 0.1) is 18.3 Å². The van der Waals surface area contributed by atoms with E-state index in [0.29, 0.717) is 5.76 Å². The molecule has 0 saturated carbocycles. The number of nitrogen functional groups attached to an aromatic ring is 1. The topological polar surface area (TPSA) is 116 Å². The molecule has 0 aromatic carbocycles. The molecule has 2 rings (SSSR count). The maximum absolute atomic E-state index is 12.0. The average Bonchev–Trinajstić information content (AvgIpc) is 3.08. The number of furan rings is 1. The molecule has 0 aliphatic heterocycles. The van der Waals surface area contributed by atoms with E-state index in [4.69, 9.17) is 19.6 Å². The van der Waals surface area contributed by atoms with Crippen molar-refractivity contribution in [3.05, 3.63) is 39.7 Å². The van der Waals surface area contributed by atoms with Crippen LogP contribution < -0.4 is 5.73 Å². The third kappa shape index (κ3) is 3.35. The van der Waals surface area contributed by atoms with Gasteiger partial charge in [0, 0.05) is 5.56 Å². The van der Waals surface area contributed by atoms with Gasteiger partial charge in [-0.2, -0.15) is 5.26 Å². The summed E-state index contributed by atoms with van der Waals surface area (Å²) >= 11 is 0.937. The molecule has 0 saturated heterocycles. The molecular weight excluding hydrogens is 320 g/mol. The van der Waals surface area contributed by atoms with Crippen molar-refractivity contribution in [2.24, 2.45) is 0 Å². The van der Waals surface area contributed by atoms with Gasteiger partial charge in [-0.15, -0.1) is 11.3 Å². The van der Waals surface area contributed by atoms with E-state index in [1.54, 1.807) is 13.8 Å². The molecule has 7 nitrogen and oxygen atoms in total. The van der Waals surface area contributed by atoms with Gasteiger partial charge in [0.25, 0.3) is 0 Å². The van der Waals surface area contributed by atoms with Crippen LogP contribution in [0.15, 0.2) is 16.7 Å². The van der Waals surface area contributed by atoms with Gasteiger partial charge in [-0.3, -0.25) is 0 Å². The minimum atomic E-state index is -0.611. The molecule has 2 aromatic heterocycles. The summed E-state index contributed by atoms with van der Waals surface area (Å²) < 4.78 is 15.1. The van der Waals surface area contributed by atoms with E-state index in [1.807, 2.05) is 6.07 Å². The Balaban J connectivity index is 2.25. The Hall–Kier alpha value is -2.79. The molecule has 0 unspecified atom stereocenters. The smallest absolute Gasteiger partial charge is 0.348 e. The summed E-state index contributed by atoms with van der Waals surface area (Å²) in [5, 5.41) is 9.37. The Morgan fingerprint density at radius 1 is 1.39 bits per heavy atom. The Morgan fingerprint density at radius 2 is 2.13 bits per heavy atom. The van der Waals surface area contributed by atoms with Gasteiger partial charge in [0.2, 0.25) is 0 Å². The Bertz CT molecular complexity index is 784. The predicted octanol–water partition coefficient (Wildman–Crippen LogP) is 2.64. The highest BCUT2D eigenvalue weighted by atomic mass is 32.1. The molecule has 0 amide bonds. The molecule has 0 aliphatic rings. The van der Waals surface area contributed by atoms with Crippen molar-refractivity contribution >= 4 is 28.3 Å². The standard InChI is InChI=1S/C15H14N2O5S/c1-3-20-15(19)12-11(10(6-16)13(17)23-12)7-22-14(18)9-4-5-21-8(9)2/h4-5H,3,7,17H2,1-2H3. The fourth-order valence-electron chi connectivity index (χ4n) is 1.92. The van der Waals surface area contributed by atoms with E-state index in [9.17, 15) is 14.9 Å². The van der Waals surface area contributed by atoms with Crippen LogP contribution in [0.25, 0.3) is 0 Å². The Labute approximate surface area is 136 Å². The average molecular weight is 334 g/mol. The van der Waals surface area contributed by atoms with Crippen molar-refractivity contribution < 1.29 is 23.5 Å². The first-order valence-electron chi connectivity index (χ1n) is 6.69. The van der Waals surface area contributed by atoms with Gasteiger partial charge in [-0.05, 0) is 19.9 Å². The summed E-state index contributed by atoms with van der Waals surface area (Å²) in [5.41, 5.74) is 6.40. The fourth-order valence-corrected chi connectivity index (χ4v) is 2.84. The number of nitrogens with zero attached hydrogens (tertiary/aromatic N) is 1. The zero-order valence-corrected chi connectivity index (χ0v) is 13.4. The minimum Gasteiger partial charge on any atom is -0.469 e. The van der Waals surface area contributed by atoms with E-state index < -0.39 is 11.9 Å². The zero-order valence-electron chi connectivity index (χ0n) is 12.5. The van der Waals surface area contributed by atoms with Crippen LogP contribution in [0.2, 0.25) is 0 Å². The number of anilines is 1. The molecule has 0 atom stereocenters. The van der Waals surface area contributed by atoms with Crippen LogP contribution in [0.1, 0.15) is 43.8 Å². The molecule has 2 heterocycles. The van der Waals surface area contributed by atoms with Gasteiger partial charge in [0.05, 0.1) is 18.4 Å². The first-order chi connectivity index (χ1) is 11.0. The number of carbonyl (C=O) groups excluding carboxylic acids is 2. The summed E-state index contributed by atoms with van der Waals surface area (Å²) in [7, 11) is 0. The van der Waals surface area contributed by atoms with Crippen molar-refractivity contribution in [3.63, 3.8) is 0 Å². The number of carbonyl (C=O) groups is 2. The van der Waals surface area contributed by atoms with Crippen molar-refractivity contribution in [2.45, 2.75) is 20.5 Å². The summed E-state index contributed by atoms with van der Waals surface area (Å²) in [5.74, 6) is -0.790. The van der Waals surface area contributed by atoms with Gasteiger partial charge < -0.3 is 19.6 Å². The fraction of sp³-hybridized carbons (Fsp3) is 0.267. The second-order valence-corrected chi connectivity index (χ2v) is 5.50. The van der Waals surface area contributed by atoms with E-state index in [2.05, 4.69) is 0 Å².